The number of hydrogen-bond acceptors (Lipinski definition) is 3. The van der Waals surface area contributed by atoms with Gasteiger partial charge in [-0.15, -0.1) is 0 Å². The second-order valence-electron chi connectivity index (χ2n) is 4.85. The van der Waals surface area contributed by atoms with Crippen molar-refractivity contribution in [1.29, 1.82) is 0 Å². The van der Waals surface area contributed by atoms with Gasteiger partial charge in [-0.1, -0.05) is 27.7 Å². The molecule has 94 valence electrons. The average molecular weight is 235 g/mol. The van der Waals surface area contributed by atoms with Crippen LogP contribution in [-0.4, -0.2) is 17.4 Å². The third kappa shape index (κ3) is 4.85. The van der Waals surface area contributed by atoms with Crippen molar-refractivity contribution in [3.63, 3.8) is 0 Å². The summed E-state index contributed by atoms with van der Waals surface area (Å²) in [5, 5.41) is 6.03. The lowest BCUT2D eigenvalue weighted by atomic mass is 10.2. The normalized spacial score (nSPS) is 10.7. The lowest BCUT2D eigenvalue weighted by Gasteiger charge is -2.10. The zero-order chi connectivity index (χ0) is 12.8. The van der Waals surface area contributed by atoms with Crippen molar-refractivity contribution in [3.8, 4) is 0 Å². The van der Waals surface area contributed by atoms with Gasteiger partial charge >= 0.3 is 0 Å². The van der Waals surface area contributed by atoms with Crippen molar-refractivity contribution in [2.45, 2.75) is 27.7 Å². The molecule has 0 fully saturated rings. The Morgan fingerprint density at radius 1 is 1.29 bits per heavy atom. The van der Waals surface area contributed by atoms with Gasteiger partial charge in [0.05, 0.1) is 11.9 Å². The van der Waals surface area contributed by atoms with Crippen molar-refractivity contribution >= 4 is 17.4 Å². The molecule has 17 heavy (non-hydrogen) atoms. The van der Waals surface area contributed by atoms with Gasteiger partial charge in [0, 0.05) is 12.5 Å². The Morgan fingerprint density at radius 3 is 2.47 bits per heavy atom. The van der Waals surface area contributed by atoms with Gasteiger partial charge in [0.1, 0.15) is 5.82 Å². The SMILES string of the molecule is CC(C)CNc1ccc(NC(=O)C(C)C)nc1. The van der Waals surface area contributed by atoms with E-state index in [0.717, 1.165) is 12.2 Å². The highest BCUT2D eigenvalue weighted by Gasteiger charge is 2.07. The minimum Gasteiger partial charge on any atom is -0.384 e. The molecule has 1 aromatic heterocycles. The summed E-state index contributed by atoms with van der Waals surface area (Å²) in [6.07, 6.45) is 1.73. The summed E-state index contributed by atoms with van der Waals surface area (Å²) in [5.41, 5.74) is 0.973. The minimum absolute atomic E-state index is 0.0135. The molecular formula is C13H21N3O. The van der Waals surface area contributed by atoms with Crippen LogP contribution in [0.25, 0.3) is 0 Å². The monoisotopic (exact) mass is 235 g/mol. The van der Waals surface area contributed by atoms with Crippen LogP contribution in [-0.2, 0) is 4.79 Å². The molecule has 0 bridgehead atoms. The molecule has 1 rings (SSSR count). The largest absolute Gasteiger partial charge is 0.384 e. The number of amides is 1. The van der Waals surface area contributed by atoms with E-state index < -0.39 is 0 Å². The number of hydrogen-bond donors (Lipinski definition) is 2. The first-order valence-electron chi connectivity index (χ1n) is 6.00. The molecule has 0 aliphatic carbocycles. The number of rotatable bonds is 5. The third-order valence-electron chi connectivity index (χ3n) is 2.25. The first-order chi connectivity index (χ1) is 7.99. The van der Waals surface area contributed by atoms with Crippen molar-refractivity contribution in [2.24, 2.45) is 11.8 Å². The van der Waals surface area contributed by atoms with Crippen LogP contribution in [0.3, 0.4) is 0 Å². The number of nitrogens with zero attached hydrogens (tertiary/aromatic N) is 1. The number of anilines is 2. The topological polar surface area (TPSA) is 54.0 Å². The fourth-order valence-electron chi connectivity index (χ4n) is 1.16. The van der Waals surface area contributed by atoms with E-state index in [4.69, 9.17) is 0 Å². The Balaban J connectivity index is 2.53. The van der Waals surface area contributed by atoms with E-state index in [9.17, 15) is 4.79 Å². The van der Waals surface area contributed by atoms with Gasteiger partial charge in [0.15, 0.2) is 0 Å². The predicted octanol–water partition coefficient (Wildman–Crippen LogP) is 2.74. The van der Waals surface area contributed by atoms with Crippen LogP contribution < -0.4 is 10.6 Å². The molecule has 0 atom stereocenters. The molecule has 1 aromatic rings. The van der Waals surface area contributed by atoms with E-state index in [-0.39, 0.29) is 11.8 Å². The second-order valence-corrected chi connectivity index (χ2v) is 4.85. The highest BCUT2D eigenvalue weighted by Crippen LogP contribution is 2.11. The first-order valence-corrected chi connectivity index (χ1v) is 6.00. The molecule has 0 saturated carbocycles. The van der Waals surface area contributed by atoms with Gasteiger partial charge in [0.2, 0.25) is 5.91 Å². The molecule has 4 heteroatoms. The van der Waals surface area contributed by atoms with Gasteiger partial charge in [-0.3, -0.25) is 4.79 Å². The average Bonchev–Trinajstić information content (AvgIpc) is 2.28. The Hall–Kier alpha value is -1.58. The number of carbonyl (C=O) groups is 1. The van der Waals surface area contributed by atoms with E-state index in [2.05, 4.69) is 29.5 Å². The highest BCUT2D eigenvalue weighted by molar-refractivity contribution is 5.91. The van der Waals surface area contributed by atoms with Gasteiger partial charge in [0.25, 0.3) is 0 Å². The van der Waals surface area contributed by atoms with E-state index in [1.54, 1.807) is 6.20 Å². The number of nitrogens with one attached hydrogen (secondary N) is 2. The molecule has 2 N–H and O–H groups in total. The summed E-state index contributed by atoms with van der Waals surface area (Å²) in [4.78, 5) is 15.6. The van der Waals surface area contributed by atoms with Gasteiger partial charge in [-0.25, -0.2) is 4.98 Å². The van der Waals surface area contributed by atoms with Crippen LogP contribution in [0.2, 0.25) is 0 Å². The molecule has 1 heterocycles. The molecule has 0 aromatic carbocycles. The zero-order valence-corrected chi connectivity index (χ0v) is 10.9. The summed E-state index contributed by atoms with van der Waals surface area (Å²) in [7, 11) is 0. The molecule has 0 aliphatic heterocycles. The van der Waals surface area contributed by atoms with Crippen molar-refractivity contribution in [3.05, 3.63) is 18.3 Å². The summed E-state index contributed by atoms with van der Waals surface area (Å²) in [5.74, 6) is 1.14. The number of aromatic nitrogens is 1. The fourth-order valence-corrected chi connectivity index (χ4v) is 1.16. The Kier molecular flexibility index (Phi) is 4.94. The maximum absolute atomic E-state index is 11.4. The van der Waals surface area contributed by atoms with Gasteiger partial charge in [-0.05, 0) is 18.1 Å². The van der Waals surface area contributed by atoms with E-state index in [1.165, 1.54) is 0 Å². The summed E-state index contributed by atoms with van der Waals surface area (Å²) >= 11 is 0. The van der Waals surface area contributed by atoms with Crippen molar-refractivity contribution in [2.75, 3.05) is 17.2 Å². The van der Waals surface area contributed by atoms with E-state index in [0.29, 0.717) is 11.7 Å². The zero-order valence-electron chi connectivity index (χ0n) is 10.9. The molecular weight excluding hydrogens is 214 g/mol. The quantitative estimate of drug-likeness (QED) is 0.825. The van der Waals surface area contributed by atoms with E-state index in [1.807, 2.05) is 26.0 Å². The fraction of sp³-hybridized carbons (Fsp3) is 0.538. The molecule has 0 radical (unpaired) electrons. The number of carbonyl (C=O) groups excluding carboxylic acids is 1. The highest BCUT2D eigenvalue weighted by atomic mass is 16.1. The summed E-state index contributed by atoms with van der Waals surface area (Å²) < 4.78 is 0. The van der Waals surface area contributed by atoms with Crippen LogP contribution in [0.5, 0.6) is 0 Å². The Labute approximate surface area is 103 Å². The standard InChI is InChI=1S/C13H21N3O/c1-9(2)7-14-11-5-6-12(15-8-11)16-13(17)10(3)4/h5-6,8-10,14H,7H2,1-4H3,(H,15,16,17). The lowest BCUT2D eigenvalue weighted by Crippen LogP contribution is -2.18. The molecule has 0 saturated heterocycles. The summed E-state index contributed by atoms with van der Waals surface area (Å²) in [6.45, 7) is 8.93. The van der Waals surface area contributed by atoms with Gasteiger partial charge < -0.3 is 10.6 Å². The Bertz CT molecular complexity index is 357. The van der Waals surface area contributed by atoms with Gasteiger partial charge in [-0.2, -0.15) is 0 Å². The first kappa shape index (κ1) is 13.5. The lowest BCUT2D eigenvalue weighted by molar-refractivity contribution is -0.118. The van der Waals surface area contributed by atoms with E-state index >= 15 is 0 Å². The third-order valence-corrected chi connectivity index (χ3v) is 2.25. The molecule has 4 nitrogen and oxygen atoms in total. The minimum atomic E-state index is -0.0319. The van der Waals surface area contributed by atoms with Crippen molar-refractivity contribution < 1.29 is 4.79 Å². The van der Waals surface area contributed by atoms with Crippen LogP contribution in [0.4, 0.5) is 11.5 Å². The van der Waals surface area contributed by atoms with Crippen LogP contribution >= 0.6 is 0 Å². The molecule has 1 amide bonds. The number of pyridine rings is 1. The van der Waals surface area contributed by atoms with Crippen LogP contribution in [0.1, 0.15) is 27.7 Å². The smallest absolute Gasteiger partial charge is 0.228 e. The molecule has 0 unspecified atom stereocenters. The van der Waals surface area contributed by atoms with Crippen LogP contribution in [0.15, 0.2) is 18.3 Å². The van der Waals surface area contributed by atoms with Crippen molar-refractivity contribution in [1.82, 2.24) is 4.98 Å². The molecule has 0 spiro atoms. The predicted molar refractivity (Wildman–Crippen MR) is 71.0 cm³/mol. The second kappa shape index (κ2) is 6.23. The maximum Gasteiger partial charge on any atom is 0.228 e. The summed E-state index contributed by atoms with van der Waals surface area (Å²) in [6, 6.07) is 3.73. The Morgan fingerprint density at radius 2 is 2.00 bits per heavy atom. The van der Waals surface area contributed by atoms with Crippen LogP contribution in [0, 0.1) is 11.8 Å². The molecule has 0 aliphatic rings. The maximum atomic E-state index is 11.4.